The summed E-state index contributed by atoms with van der Waals surface area (Å²) in [5, 5.41) is 2.81. The molecule has 0 bridgehead atoms. The molecule has 11 heteroatoms. The van der Waals surface area contributed by atoms with Gasteiger partial charge in [-0.15, -0.1) is 5.48 Å². The summed E-state index contributed by atoms with van der Waals surface area (Å²) in [6.07, 6.45) is 10.1. The third-order valence-electron chi connectivity index (χ3n) is 10.8. The van der Waals surface area contributed by atoms with Gasteiger partial charge in [0.25, 0.3) is 0 Å². The number of benzene rings is 1. The summed E-state index contributed by atoms with van der Waals surface area (Å²) in [6.45, 7) is 6.28. The van der Waals surface area contributed by atoms with Crippen molar-refractivity contribution >= 4 is 29.0 Å². The summed E-state index contributed by atoms with van der Waals surface area (Å²) in [4.78, 5) is 37.6. The van der Waals surface area contributed by atoms with Crippen molar-refractivity contribution in [2.75, 3.05) is 36.1 Å². The van der Waals surface area contributed by atoms with Crippen molar-refractivity contribution in [1.29, 1.82) is 0 Å². The Hall–Kier alpha value is -3.44. The van der Waals surface area contributed by atoms with E-state index in [-0.39, 0.29) is 6.04 Å². The fourth-order valence-electron chi connectivity index (χ4n) is 8.08. The van der Waals surface area contributed by atoms with Gasteiger partial charge in [-0.25, -0.2) is 14.8 Å². The Morgan fingerprint density at radius 2 is 1.77 bits per heavy atom. The second-order valence-electron chi connectivity index (χ2n) is 13.6. The first-order valence-electron chi connectivity index (χ1n) is 16.8. The molecule has 5 heterocycles. The number of imidazole rings is 1. The molecular weight excluding hydrogens is 556 g/mol. The topological polar surface area (TPSA) is 110 Å². The van der Waals surface area contributed by atoms with E-state index in [1.807, 2.05) is 0 Å². The molecule has 2 N–H and O–H groups in total. The van der Waals surface area contributed by atoms with Crippen LogP contribution in [0.25, 0.3) is 11.2 Å². The molecule has 234 valence electrons. The third kappa shape index (κ3) is 5.17. The predicted molar refractivity (Wildman–Crippen MR) is 167 cm³/mol. The van der Waals surface area contributed by atoms with E-state index in [2.05, 4.69) is 62.4 Å². The molecule has 0 spiro atoms. The van der Waals surface area contributed by atoms with Crippen LogP contribution in [0.2, 0.25) is 0 Å². The first-order chi connectivity index (χ1) is 21.6. The second kappa shape index (κ2) is 11.8. The van der Waals surface area contributed by atoms with Gasteiger partial charge in [-0.05, 0) is 61.8 Å². The van der Waals surface area contributed by atoms with Crippen LogP contribution in [-0.2, 0) is 16.1 Å². The molecule has 44 heavy (non-hydrogen) atoms. The van der Waals surface area contributed by atoms with Crippen molar-refractivity contribution in [2.45, 2.75) is 89.5 Å². The Labute approximate surface area is 258 Å². The standard InChI is InChI=1S/C33H44N8O3/c1-21-12-14-22(15-13-21)19-41-27-28(36-32(41)40-17-18-43-20-26(40)24-7-3-2-4-8-24)34-29(30-37-33(42)44-38-30)35-31(27)39-16-6-11-25(39)23-9-5-10-23/h2-4,7-8,21-23,25-26,30,38H,5-6,9-20H2,1H3,(H,37,42)/t21?,22?,25?,26-,30?/m0/s1. The maximum atomic E-state index is 12.0. The van der Waals surface area contributed by atoms with Gasteiger partial charge in [0.2, 0.25) is 5.95 Å². The van der Waals surface area contributed by atoms with Gasteiger partial charge in [0.15, 0.2) is 23.5 Å². The quantitative estimate of drug-likeness (QED) is 0.376. The summed E-state index contributed by atoms with van der Waals surface area (Å²) >= 11 is 0. The summed E-state index contributed by atoms with van der Waals surface area (Å²) in [5.74, 6) is 4.46. The fraction of sp³-hybridized carbons (Fsp3) is 0.636. The molecule has 2 saturated carbocycles. The first kappa shape index (κ1) is 28.1. The molecule has 2 unspecified atom stereocenters. The number of rotatable bonds is 7. The predicted octanol–water partition coefficient (Wildman–Crippen LogP) is 5.24. The lowest BCUT2D eigenvalue weighted by Crippen LogP contribution is -2.41. The highest BCUT2D eigenvalue weighted by molar-refractivity contribution is 5.87. The van der Waals surface area contributed by atoms with Gasteiger partial charge in [0.1, 0.15) is 5.52 Å². The number of hydrogen-bond donors (Lipinski definition) is 2. The van der Waals surface area contributed by atoms with Gasteiger partial charge < -0.3 is 23.9 Å². The summed E-state index contributed by atoms with van der Waals surface area (Å²) in [7, 11) is 0. The number of carbonyl (C=O) groups excluding carboxylic acids is 1. The molecule has 5 aliphatic rings. The van der Waals surface area contributed by atoms with E-state index in [9.17, 15) is 4.79 Å². The number of nitrogens with one attached hydrogen (secondary N) is 2. The minimum Gasteiger partial charge on any atom is -0.377 e. The van der Waals surface area contributed by atoms with Gasteiger partial charge >= 0.3 is 6.09 Å². The molecule has 2 aliphatic carbocycles. The highest BCUT2D eigenvalue weighted by atomic mass is 16.7. The fourth-order valence-corrected chi connectivity index (χ4v) is 8.08. The molecule has 11 nitrogen and oxygen atoms in total. The van der Waals surface area contributed by atoms with Crippen LogP contribution in [0.5, 0.6) is 0 Å². The average Bonchev–Trinajstić information content (AvgIpc) is 3.77. The number of ether oxygens (including phenoxy) is 1. The van der Waals surface area contributed by atoms with Crippen molar-refractivity contribution in [3.05, 3.63) is 41.7 Å². The normalized spacial score (nSPS) is 29.6. The van der Waals surface area contributed by atoms with E-state index in [1.54, 1.807) is 0 Å². The van der Waals surface area contributed by atoms with Gasteiger partial charge in [-0.3, -0.25) is 5.32 Å². The van der Waals surface area contributed by atoms with E-state index in [1.165, 1.54) is 56.9 Å². The molecular formula is C33H44N8O3. The monoisotopic (exact) mass is 600 g/mol. The molecule has 0 radical (unpaired) electrons. The number of amides is 1. The highest BCUT2D eigenvalue weighted by Gasteiger charge is 2.39. The molecule has 3 aliphatic heterocycles. The lowest BCUT2D eigenvalue weighted by atomic mass is 9.79. The van der Waals surface area contributed by atoms with Crippen molar-refractivity contribution in [1.82, 2.24) is 30.3 Å². The summed E-state index contributed by atoms with van der Waals surface area (Å²) < 4.78 is 8.51. The molecule has 3 atom stereocenters. The Morgan fingerprint density at radius 3 is 2.52 bits per heavy atom. The molecule has 1 aromatic carbocycles. The van der Waals surface area contributed by atoms with E-state index in [0.29, 0.717) is 42.6 Å². The Balaban J connectivity index is 1.29. The molecule has 2 aromatic heterocycles. The Morgan fingerprint density at radius 1 is 0.932 bits per heavy atom. The van der Waals surface area contributed by atoms with E-state index >= 15 is 0 Å². The lowest BCUT2D eigenvalue weighted by Gasteiger charge is -2.39. The number of anilines is 2. The SMILES string of the molecule is CC1CCC(Cn2c(N3CCOC[C@H]3c3ccccc3)nc3nc(C4NOC(=O)N4)nc(N4CCCC4C4CCC4)c32)CC1. The number of nitrogens with zero attached hydrogens (tertiary/aromatic N) is 6. The molecule has 5 fully saturated rings. The number of morpholine rings is 1. The first-order valence-corrected chi connectivity index (χ1v) is 16.8. The van der Waals surface area contributed by atoms with E-state index in [4.69, 9.17) is 24.5 Å². The zero-order valence-electron chi connectivity index (χ0n) is 25.7. The maximum absolute atomic E-state index is 12.0. The number of fused-ring (bicyclic) bond motifs is 1. The number of aromatic nitrogens is 4. The minimum atomic E-state index is -0.621. The zero-order chi connectivity index (χ0) is 29.6. The zero-order valence-corrected chi connectivity index (χ0v) is 25.7. The van der Waals surface area contributed by atoms with Crippen molar-refractivity contribution in [3.63, 3.8) is 0 Å². The third-order valence-corrected chi connectivity index (χ3v) is 10.8. The Kier molecular flexibility index (Phi) is 7.54. The van der Waals surface area contributed by atoms with Crippen LogP contribution in [-0.4, -0.2) is 58.0 Å². The molecule has 1 amide bonds. The van der Waals surface area contributed by atoms with Gasteiger partial charge in [-0.1, -0.05) is 56.5 Å². The smallest absolute Gasteiger partial charge is 0.377 e. The average molecular weight is 601 g/mol. The van der Waals surface area contributed by atoms with Crippen LogP contribution in [0.1, 0.15) is 88.3 Å². The Bertz CT molecular complexity index is 1490. The highest BCUT2D eigenvalue weighted by Crippen LogP contribution is 2.43. The summed E-state index contributed by atoms with van der Waals surface area (Å²) in [5.41, 5.74) is 5.71. The second-order valence-corrected chi connectivity index (χ2v) is 13.6. The van der Waals surface area contributed by atoms with E-state index < -0.39 is 12.3 Å². The van der Waals surface area contributed by atoms with Crippen LogP contribution in [0.15, 0.2) is 30.3 Å². The van der Waals surface area contributed by atoms with Crippen LogP contribution in [0.3, 0.4) is 0 Å². The lowest BCUT2D eigenvalue weighted by molar-refractivity contribution is 0.0927. The van der Waals surface area contributed by atoms with Gasteiger partial charge in [0.05, 0.1) is 19.3 Å². The molecule has 3 saturated heterocycles. The number of hydrogen-bond acceptors (Lipinski definition) is 9. The van der Waals surface area contributed by atoms with Crippen molar-refractivity contribution < 1.29 is 14.4 Å². The summed E-state index contributed by atoms with van der Waals surface area (Å²) in [6, 6.07) is 11.2. The van der Waals surface area contributed by atoms with Crippen molar-refractivity contribution in [2.24, 2.45) is 17.8 Å². The van der Waals surface area contributed by atoms with Crippen LogP contribution >= 0.6 is 0 Å². The minimum absolute atomic E-state index is 0.0569. The largest absolute Gasteiger partial charge is 0.427 e. The van der Waals surface area contributed by atoms with Crippen LogP contribution < -0.4 is 20.6 Å². The van der Waals surface area contributed by atoms with Gasteiger partial charge in [0, 0.05) is 25.7 Å². The maximum Gasteiger partial charge on any atom is 0.427 e. The molecule has 8 rings (SSSR count). The van der Waals surface area contributed by atoms with Gasteiger partial charge in [-0.2, -0.15) is 4.98 Å². The van der Waals surface area contributed by atoms with Crippen LogP contribution in [0, 0.1) is 17.8 Å². The number of carbonyl (C=O) groups is 1. The van der Waals surface area contributed by atoms with Crippen molar-refractivity contribution in [3.8, 4) is 0 Å². The van der Waals surface area contributed by atoms with E-state index in [0.717, 1.165) is 49.3 Å². The molecule has 3 aromatic rings. The van der Waals surface area contributed by atoms with Crippen LogP contribution in [0.4, 0.5) is 16.6 Å². The number of hydroxylamine groups is 1.